The van der Waals surface area contributed by atoms with Crippen molar-refractivity contribution in [2.24, 2.45) is 5.10 Å². The molecule has 0 saturated heterocycles. The van der Waals surface area contributed by atoms with Crippen molar-refractivity contribution in [1.29, 1.82) is 0 Å². The Hall–Kier alpha value is -4.68. The maximum Gasteiger partial charge on any atom is 0.337 e. The summed E-state index contributed by atoms with van der Waals surface area (Å²) in [6.07, 6.45) is 1.51. The Labute approximate surface area is 228 Å². The number of carboxylic acids is 1. The molecule has 1 heterocycles. The maximum atomic E-state index is 12.9. The van der Waals surface area contributed by atoms with E-state index in [9.17, 15) is 28.4 Å². The van der Waals surface area contributed by atoms with Crippen molar-refractivity contribution in [2.75, 3.05) is 10.1 Å². The number of aryl methyl sites for hydroxylation is 1. The highest BCUT2D eigenvalue weighted by atomic mass is 35.5. The molecule has 0 spiro atoms. The second-order valence-electron chi connectivity index (χ2n) is 8.40. The largest absolute Gasteiger partial charge is 0.478 e. The summed E-state index contributed by atoms with van der Waals surface area (Å²) >= 11 is 5.99. The predicted molar refractivity (Wildman–Crippen MR) is 149 cm³/mol. The van der Waals surface area contributed by atoms with Gasteiger partial charge in [0.25, 0.3) is 15.7 Å². The van der Waals surface area contributed by atoms with Gasteiger partial charge in [-0.15, -0.1) is 0 Å². The van der Waals surface area contributed by atoms with Crippen molar-refractivity contribution in [3.05, 3.63) is 110 Å². The van der Waals surface area contributed by atoms with Gasteiger partial charge in [-0.1, -0.05) is 23.7 Å². The number of rotatable bonds is 9. The van der Waals surface area contributed by atoms with Gasteiger partial charge >= 0.3 is 5.97 Å². The number of sulfonamides is 1. The minimum atomic E-state index is -4.34. The third-order valence-corrected chi connectivity index (χ3v) is 7.44. The number of nitro benzene ring substituents is 1. The molecule has 0 saturated carbocycles. The molecule has 4 rings (SSSR count). The van der Waals surface area contributed by atoms with Crippen molar-refractivity contribution < 1.29 is 23.2 Å². The molecule has 0 aliphatic heterocycles. The quantitative estimate of drug-likeness (QED) is 0.135. The van der Waals surface area contributed by atoms with Crippen LogP contribution in [-0.4, -0.2) is 35.2 Å². The predicted octanol–water partition coefficient (Wildman–Crippen LogP) is 5.60. The third-order valence-electron chi connectivity index (χ3n) is 5.82. The summed E-state index contributed by atoms with van der Waals surface area (Å²) < 4.78 is 29.9. The highest BCUT2D eigenvalue weighted by molar-refractivity contribution is 7.92. The van der Waals surface area contributed by atoms with Gasteiger partial charge in [-0.25, -0.2) is 13.2 Å². The average molecular weight is 568 g/mol. The molecule has 3 N–H and O–H groups in total. The van der Waals surface area contributed by atoms with Crippen molar-refractivity contribution in [3.8, 4) is 5.69 Å². The topological polar surface area (TPSA) is 156 Å². The summed E-state index contributed by atoms with van der Waals surface area (Å²) in [4.78, 5) is 22.0. The van der Waals surface area contributed by atoms with Gasteiger partial charge in [0, 0.05) is 33.7 Å². The van der Waals surface area contributed by atoms with Crippen LogP contribution in [0.15, 0.2) is 82.8 Å². The second kappa shape index (κ2) is 11.0. The number of carbonyl (C=O) groups is 1. The molecule has 1 aromatic heterocycles. The van der Waals surface area contributed by atoms with E-state index in [0.29, 0.717) is 5.02 Å². The molecule has 0 unspecified atom stereocenters. The molecule has 4 aromatic rings. The fourth-order valence-corrected chi connectivity index (χ4v) is 5.19. The van der Waals surface area contributed by atoms with E-state index in [1.54, 1.807) is 12.1 Å². The number of aromatic nitrogens is 1. The van der Waals surface area contributed by atoms with Crippen LogP contribution in [0.5, 0.6) is 0 Å². The number of nitrogens with zero attached hydrogens (tertiary/aromatic N) is 3. The summed E-state index contributed by atoms with van der Waals surface area (Å²) in [7, 11) is -4.34. The molecule has 39 heavy (non-hydrogen) atoms. The van der Waals surface area contributed by atoms with Gasteiger partial charge in [0.15, 0.2) is 0 Å². The van der Waals surface area contributed by atoms with Crippen molar-refractivity contribution in [3.63, 3.8) is 0 Å². The second-order valence-corrected chi connectivity index (χ2v) is 10.5. The number of aromatic carboxylic acids is 1. The number of anilines is 2. The van der Waals surface area contributed by atoms with Gasteiger partial charge in [0.2, 0.25) is 0 Å². The summed E-state index contributed by atoms with van der Waals surface area (Å²) in [5, 5.41) is 25.8. The van der Waals surface area contributed by atoms with Gasteiger partial charge in [-0.2, -0.15) is 5.10 Å². The van der Waals surface area contributed by atoms with Gasteiger partial charge in [0.05, 0.1) is 27.3 Å². The summed E-state index contributed by atoms with van der Waals surface area (Å²) in [5.41, 5.74) is 5.09. The number of nitrogens with one attached hydrogen (secondary N) is 2. The molecule has 13 heteroatoms. The Balaban J connectivity index is 1.58. The van der Waals surface area contributed by atoms with E-state index in [1.807, 2.05) is 36.6 Å². The molecule has 0 aliphatic rings. The van der Waals surface area contributed by atoms with Crippen LogP contribution in [0.3, 0.4) is 0 Å². The first kappa shape index (κ1) is 27.4. The van der Waals surface area contributed by atoms with Crippen molar-refractivity contribution in [2.45, 2.75) is 18.7 Å². The van der Waals surface area contributed by atoms with Crippen LogP contribution in [0.25, 0.3) is 5.69 Å². The number of hydrazone groups is 1. The number of hydrogen-bond donors (Lipinski definition) is 3. The van der Waals surface area contributed by atoms with E-state index < -0.39 is 31.5 Å². The first-order valence-electron chi connectivity index (χ1n) is 11.4. The minimum Gasteiger partial charge on any atom is -0.478 e. The molecular formula is C26H22ClN5O6S. The third kappa shape index (κ3) is 5.92. The molecule has 0 bridgehead atoms. The fraction of sp³-hybridized carbons (Fsp3) is 0.0769. The van der Waals surface area contributed by atoms with E-state index in [1.165, 1.54) is 36.5 Å². The highest BCUT2D eigenvalue weighted by Gasteiger charge is 2.23. The summed E-state index contributed by atoms with van der Waals surface area (Å²) in [5.74, 6) is -1.33. The van der Waals surface area contributed by atoms with Crippen LogP contribution < -0.4 is 10.1 Å². The Morgan fingerprint density at radius 1 is 1.05 bits per heavy atom. The number of para-hydroxylation sites is 1. The maximum absolute atomic E-state index is 12.9. The van der Waals surface area contributed by atoms with Gasteiger partial charge in [-0.05, 0) is 68.4 Å². The van der Waals surface area contributed by atoms with Crippen molar-refractivity contribution >= 4 is 50.9 Å². The van der Waals surface area contributed by atoms with E-state index in [0.717, 1.165) is 34.8 Å². The minimum absolute atomic E-state index is 0.0346. The van der Waals surface area contributed by atoms with Gasteiger partial charge < -0.3 is 9.67 Å². The number of hydrogen-bond acceptors (Lipinski definition) is 7. The lowest BCUT2D eigenvalue weighted by molar-refractivity contribution is -0.384. The lowest BCUT2D eigenvalue weighted by Gasteiger charge is -2.11. The Kier molecular flexibility index (Phi) is 7.70. The number of benzene rings is 3. The molecule has 200 valence electrons. The molecule has 0 amide bonds. The Bertz CT molecular complexity index is 1720. The lowest BCUT2D eigenvalue weighted by Crippen LogP contribution is -2.16. The molecular weight excluding hydrogens is 546 g/mol. The SMILES string of the molecule is Cc1cc(/C=N\Nc2ccc(S(=O)(=O)Nc3ccccc3C(=O)O)cc2[N+](=O)[O-])c(C)n1-c1ccc(Cl)cc1. The molecule has 11 nitrogen and oxygen atoms in total. The first-order chi connectivity index (χ1) is 18.5. The van der Waals surface area contributed by atoms with E-state index in [-0.39, 0.29) is 16.9 Å². The molecule has 0 aliphatic carbocycles. The van der Waals surface area contributed by atoms with Crippen LogP contribution in [0.2, 0.25) is 5.02 Å². The van der Waals surface area contributed by atoms with Crippen molar-refractivity contribution in [1.82, 2.24) is 4.57 Å². The lowest BCUT2D eigenvalue weighted by atomic mass is 10.2. The number of carboxylic acid groups (broad SMARTS) is 1. The summed E-state index contributed by atoms with van der Waals surface area (Å²) in [6, 6.07) is 17.9. The zero-order valence-corrected chi connectivity index (χ0v) is 22.2. The average Bonchev–Trinajstić information content (AvgIpc) is 3.17. The zero-order chi connectivity index (χ0) is 28.3. The molecule has 3 aromatic carbocycles. The van der Waals surface area contributed by atoms with Crippen LogP contribution in [0.1, 0.15) is 27.3 Å². The highest BCUT2D eigenvalue weighted by Crippen LogP contribution is 2.29. The normalized spacial score (nSPS) is 11.5. The Morgan fingerprint density at radius 2 is 1.74 bits per heavy atom. The van der Waals surface area contributed by atoms with E-state index in [2.05, 4.69) is 15.2 Å². The fourth-order valence-electron chi connectivity index (χ4n) is 3.96. The van der Waals surface area contributed by atoms with Gasteiger partial charge in [-0.3, -0.25) is 20.3 Å². The zero-order valence-electron chi connectivity index (χ0n) is 20.6. The standard InChI is InChI=1S/C26H22ClN5O6S/c1-16-13-18(17(2)31(16)20-9-7-19(27)8-10-20)15-28-29-24-12-11-21(14-25(24)32(35)36)39(37,38)30-23-6-4-3-5-22(23)26(33)34/h3-15,29-30H,1-2H3,(H,33,34)/b28-15-. The number of halogens is 1. The number of nitro groups is 1. The molecule has 0 atom stereocenters. The first-order valence-corrected chi connectivity index (χ1v) is 13.2. The molecule has 0 radical (unpaired) electrons. The van der Waals surface area contributed by atoms with Crippen LogP contribution in [-0.2, 0) is 10.0 Å². The molecule has 0 fully saturated rings. The van der Waals surface area contributed by atoms with Crippen LogP contribution >= 0.6 is 11.6 Å². The summed E-state index contributed by atoms with van der Waals surface area (Å²) in [6.45, 7) is 3.83. The van der Waals surface area contributed by atoms with Crippen LogP contribution in [0, 0.1) is 24.0 Å². The van der Waals surface area contributed by atoms with E-state index >= 15 is 0 Å². The van der Waals surface area contributed by atoms with Crippen LogP contribution in [0.4, 0.5) is 17.1 Å². The smallest absolute Gasteiger partial charge is 0.337 e. The monoisotopic (exact) mass is 567 g/mol. The van der Waals surface area contributed by atoms with E-state index in [4.69, 9.17) is 11.6 Å². The van der Waals surface area contributed by atoms with Gasteiger partial charge in [0.1, 0.15) is 5.69 Å². The Morgan fingerprint density at radius 3 is 2.41 bits per heavy atom.